The number of carbonyl (C=O) groups excluding carboxylic acids is 2. The van der Waals surface area contributed by atoms with Crippen LogP contribution in [0, 0.1) is 17.8 Å². The minimum Gasteiger partial charge on any atom is -0.478 e. The standard InChI is InChI=1S/C26H32ClN3O4/c1-29(2)25(31)21-8-9-23(28-24(21)27)33-15-12-20-16-22(20)19-10-13-30(14-11-19)26(32)34-17-18-6-4-3-5-7-18/h3-9,19-20,22H,10-17H2,1-2H3/t20-,22-/m1/s1. The van der Waals surface area contributed by atoms with Crippen LogP contribution in [-0.4, -0.2) is 60.6 Å². The van der Waals surface area contributed by atoms with Crippen LogP contribution in [0.4, 0.5) is 4.79 Å². The van der Waals surface area contributed by atoms with Crippen molar-refractivity contribution in [3.05, 3.63) is 58.7 Å². The Labute approximate surface area is 206 Å². The smallest absolute Gasteiger partial charge is 0.410 e. The topological polar surface area (TPSA) is 72.0 Å². The number of pyridine rings is 1. The number of amides is 2. The number of benzene rings is 1. The van der Waals surface area contributed by atoms with E-state index in [1.165, 1.54) is 11.3 Å². The summed E-state index contributed by atoms with van der Waals surface area (Å²) in [4.78, 5) is 31.9. The Morgan fingerprint density at radius 2 is 1.85 bits per heavy atom. The predicted octanol–water partition coefficient (Wildman–Crippen LogP) is 4.89. The van der Waals surface area contributed by atoms with Gasteiger partial charge in [-0.05, 0) is 55.1 Å². The van der Waals surface area contributed by atoms with Crippen LogP contribution >= 0.6 is 11.6 Å². The number of hydrogen-bond acceptors (Lipinski definition) is 5. The number of rotatable bonds is 8. The van der Waals surface area contributed by atoms with Gasteiger partial charge < -0.3 is 19.3 Å². The maximum atomic E-state index is 12.4. The molecule has 7 nitrogen and oxygen atoms in total. The van der Waals surface area contributed by atoms with Crippen molar-refractivity contribution in [2.45, 2.75) is 32.3 Å². The minimum atomic E-state index is -0.215. The Kier molecular flexibility index (Phi) is 7.93. The molecule has 0 spiro atoms. The third-order valence-corrected chi connectivity index (χ3v) is 7.07. The molecule has 2 fully saturated rings. The van der Waals surface area contributed by atoms with Crippen LogP contribution in [0.25, 0.3) is 0 Å². The average molecular weight is 486 g/mol. The number of carbonyl (C=O) groups is 2. The monoisotopic (exact) mass is 485 g/mol. The van der Waals surface area contributed by atoms with Crippen molar-refractivity contribution in [2.75, 3.05) is 33.8 Å². The zero-order chi connectivity index (χ0) is 24.1. The second-order valence-corrected chi connectivity index (χ2v) is 9.71. The van der Waals surface area contributed by atoms with E-state index in [1.54, 1.807) is 26.2 Å². The van der Waals surface area contributed by atoms with Gasteiger partial charge in [0.2, 0.25) is 5.88 Å². The highest BCUT2D eigenvalue weighted by Crippen LogP contribution is 2.49. The third-order valence-electron chi connectivity index (χ3n) is 6.78. The number of ether oxygens (including phenoxy) is 2. The lowest BCUT2D eigenvalue weighted by molar-refractivity contribution is 0.0794. The summed E-state index contributed by atoms with van der Waals surface area (Å²) in [5, 5.41) is 0.162. The molecule has 0 radical (unpaired) electrons. The van der Waals surface area contributed by atoms with E-state index < -0.39 is 0 Å². The van der Waals surface area contributed by atoms with Gasteiger partial charge in [0, 0.05) is 33.3 Å². The Balaban J connectivity index is 1.14. The van der Waals surface area contributed by atoms with Crippen molar-refractivity contribution in [3.63, 3.8) is 0 Å². The van der Waals surface area contributed by atoms with Crippen LogP contribution in [0.2, 0.25) is 5.15 Å². The number of likely N-dealkylation sites (tertiary alicyclic amines) is 1. The van der Waals surface area contributed by atoms with Crippen molar-refractivity contribution < 1.29 is 19.1 Å². The highest BCUT2D eigenvalue weighted by molar-refractivity contribution is 6.32. The SMILES string of the molecule is CN(C)C(=O)c1ccc(OCC[C@@H]2C[C@@H]2C2CCN(C(=O)OCc3ccccc3)CC2)nc1Cl. The van der Waals surface area contributed by atoms with Gasteiger partial charge in [0.25, 0.3) is 5.91 Å². The summed E-state index contributed by atoms with van der Waals surface area (Å²) >= 11 is 6.16. The van der Waals surface area contributed by atoms with Crippen molar-refractivity contribution >= 4 is 23.6 Å². The quantitative estimate of drug-likeness (QED) is 0.498. The van der Waals surface area contributed by atoms with Gasteiger partial charge in [-0.1, -0.05) is 41.9 Å². The van der Waals surface area contributed by atoms with Gasteiger partial charge in [0.15, 0.2) is 0 Å². The lowest BCUT2D eigenvalue weighted by atomic mass is 9.91. The van der Waals surface area contributed by atoms with Gasteiger partial charge in [0.05, 0.1) is 12.2 Å². The average Bonchev–Trinajstić information content (AvgIpc) is 3.62. The maximum absolute atomic E-state index is 12.4. The van der Waals surface area contributed by atoms with E-state index in [0.29, 0.717) is 42.4 Å². The first kappa shape index (κ1) is 24.3. The molecule has 1 aliphatic heterocycles. The molecule has 2 heterocycles. The summed E-state index contributed by atoms with van der Waals surface area (Å²) in [6.07, 6.45) is 4.04. The Morgan fingerprint density at radius 1 is 1.12 bits per heavy atom. The van der Waals surface area contributed by atoms with Crippen molar-refractivity contribution in [1.29, 1.82) is 0 Å². The highest BCUT2D eigenvalue weighted by Gasteiger charge is 2.43. The zero-order valence-electron chi connectivity index (χ0n) is 19.8. The molecule has 4 rings (SSSR count). The number of hydrogen-bond donors (Lipinski definition) is 0. The minimum absolute atomic E-state index is 0.162. The van der Waals surface area contributed by atoms with E-state index in [1.807, 2.05) is 35.2 Å². The first-order valence-corrected chi connectivity index (χ1v) is 12.3. The Morgan fingerprint density at radius 3 is 2.53 bits per heavy atom. The molecule has 34 heavy (non-hydrogen) atoms. The van der Waals surface area contributed by atoms with Crippen LogP contribution in [0.3, 0.4) is 0 Å². The Hall–Kier alpha value is -2.80. The molecule has 182 valence electrons. The molecule has 8 heteroatoms. The summed E-state index contributed by atoms with van der Waals surface area (Å²) in [5.74, 6) is 2.29. The Bertz CT molecular complexity index is 993. The van der Waals surface area contributed by atoms with Gasteiger partial charge >= 0.3 is 6.09 Å². The van der Waals surface area contributed by atoms with Crippen LogP contribution in [0.5, 0.6) is 5.88 Å². The van der Waals surface area contributed by atoms with Crippen molar-refractivity contribution in [2.24, 2.45) is 17.8 Å². The fraction of sp³-hybridized carbons (Fsp3) is 0.500. The summed E-state index contributed by atoms with van der Waals surface area (Å²) in [6, 6.07) is 13.1. The van der Waals surface area contributed by atoms with E-state index in [2.05, 4.69) is 4.98 Å². The fourth-order valence-electron chi connectivity index (χ4n) is 4.71. The van der Waals surface area contributed by atoms with Gasteiger partial charge in [-0.2, -0.15) is 0 Å². The molecule has 2 aliphatic rings. The molecule has 2 aromatic rings. The number of halogens is 1. The highest BCUT2D eigenvalue weighted by atomic mass is 35.5. The molecule has 1 aromatic carbocycles. The summed E-state index contributed by atoms with van der Waals surface area (Å²) in [5.41, 5.74) is 1.38. The molecular weight excluding hydrogens is 454 g/mol. The zero-order valence-corrected chi connectivity index (χ0v) is 20.5. The van der Waals surface area contributed by atoms with Gasteiger partial charge in [0.1, 0.15) is 11.8 Å². The number of nitrogens with zero attached hydrogens (tertiary/aromatic N) is 3. The van der Waals surface area contributed by atoms with Crippen molar-refractivity contribution in [1.82, 2.24) is 14.8 Å². The normalized spacial score (nSPS) is 20.0. The van der Waals surface area contributed by atoms with Crippen LogP contribution < -0.4 is 4.74 Å². The number of piperidine rings is 1. The van der Waals surface area contributed by atoms with E-state index in [9.17, 15) is 9.59 Å². The molecule has 0 N–H and O–H groups in total. The molecule has 2 atom stereocenters. The molecule has 0 bridgehead atoms. The lowest BCUT2D eigenvalue weighted by Crippen LogP contribution is -2.39. The van der Waals surface area contributed by atoms with E-state index in [-0.39, 0.29) is 17.2 Å². The fourth-order valence-corrected chi connectivity index (χ4v) is 4.94. The second kappa shape index (κ2) is 11.1. The molecule has 1 aliphatic carbocycles. The largest absolute Gasteiger partial charge is 0.478 e. The van der Waals surface area contributed by atoms with Crippen molar-refractivity contribution in [3.8, 4) is 5.88 Å². The van der Waals surface area contributed by atoms with E-state index >= 15 is 0 Å². The molecule has 0 unspecified atom stereocenters. The van der Waals surface area contributed by atoms with Crippen LogP contribution in [0.1, 0.15) is 41.6 Å². The summed E-state index contributed by atoms with van der Waals surface area (Å²) in [6.45, 7) is 2.42. The lowest BCUT2D eigenvalue weighted by Gasteiger charge is -2.31. The van der Waals surface area contributed by atoms with E-state index in [0.717, 1.165) is 37.9 Å². The van der Waals surface area contributed by atoms with E-state index in [4.69, 9.17) is 21.1 Å². The molecule has 1 aromatic heterocycles. The summed E-state index contributed by atoms with van der Waals surface area (Å²) < 4.78 is 11.3. The van der Waals surface area contributed by atoms with Gasteiger partial charge in [-0.3, -0.25) is 4.79 Å². The van der Waals surface area contributed by atoms with Crippen LogP contribution in [-0.2, 0) is 11.3 Å². The molecular formula is C26H32ClN3O4. The molecule has 1 saturated heterocycles. The second-order valence-electron chi connectivity index (χ2n) is 9.35. The molecule has 1 saturated carbocycles. The first-order chi connectivity index (χ1) is 16.4. The van der Waals surface area contributed by atoms with Gasteiger partial charge in [-0.25, -0.2) is 9.78 Å². The molecule has 2 amide bonds. The maximum Gasteiger partial charge on any atom is 0.410 e. The summed E-state index contributed by atoms with van der Waals surface area (Å²) in [7, 11) is 3.35. The third kappa shape index (κ3) is 6.20. The number of aromatic nitrogens is 1. The first-order valence-electron chi connectivity index (χ1n) is 11.9. The van der Waals surface area contributed by atoms with Gasteiger partial charge in [-0.15, -0.1) is 0 Å². The van der Waals surface area contributed by atoms with Crippen LogP contribution in [0.15, 0.2) is 42.5 Å². The predicted molar refractivity (Wildman–Crippen MR) is 130 cm³/mol.